The van der Waals surface area contributed by atoms with E-state index in [-0.39, 0.29) is 34.5 Å². The first-order chi connectivity index (χ1) is 19.7. The standard InChI is InChI=1S/C27H38Cl2N10O2/c1-6-33-17(3)41-26(32-5)21-23(30)36-25(22(29)35-21)38-13-14-39(16(2)15-38)18-9-11-37(12-10-18)27(40)19-7-8-20(28)34-24(19)31-4/h7-8,16,18,33H,3,6,9-15H2,1-2,4-5H3,(H2,30,36)(H,31,34)/t16-/m0/s1. The van der Waals surface area contributed by atoms with E-state index >= 15 is 0 Å². The maximum Gasteiger partial charge on any atom is 0.257 e. The van der Waals surface area contributed by atoms with Crippen LogP contribution in [-0.4, -0.2) is 102 Å². The van der Waals surface area contributed by atoms with E-state index in [4.69, 9.17) is 33.7 Å². The van der Waals surface area contributed by atoms with Crippen molar-refractivity contribution in [3.05, 3.63) is 46.2 Å². The van der Waals surface area contributed by atoms with E-state index in [0.29, 0.717) is 53.9 Å². The van der Waals surface area contributed by atoms with E-state index in [2.05, 4.69) is 53.9 Å². The van der Waals surface area contributed by atoms with E-state index < -0.39 is 0 Å². The fourth-order valence-electron chi connectivity index (χ4n) is 5.40. The van der Waals surface area contributed by atoms with Crippen LogP contribution < -0.4 is 21.3 Å². The number of anilines is 3. The van der Waals surface area contributed by atoms with Gasteiger partial charge in [-0.1, -0.05) is 23.2 Å². The molecule has 2 aliphatic rings. The van der Waals surface area contributed by atoms with Crippen LogP contribution in [0.3, 0.4) is 0 Å². The monoisotopic (exact) mass is 604 g/mol. The van der Waals surface area contributed by atoms with E-state index in [1.165, 1.54) is 0 Å². The van der Waals surface area contributed by atoms with Crippen molar-refractivity contribution in [1.29, 1.82) is 0 Å². The molecule has 0 unspecified atom stereocenters. The number of piperidine rings is 1. The number of amides is 1. The highest BCUT2D eigenvalue weighted by molar-refractivity contribution is 6.32. The van der Waals surface area contributed by atoms with Gasteiger partial charge in [-0.25, -0.2) is 15.0 Å². The molecule has 0 radical (unpaired) electrons. The number of likely N-dealkylation sites (tertiary alicyclic amines) is 1. The highest BCUT2D eigenvalue weighted by atomic mass is 35.5. The minimum absolute atomic E-state index is 0.0308. The molecule has 222 valence electrons. The van der Waals surface area contributed by atoms with Crippen LogP contribution in [0.2, 0.25) is 10.3 Å². The topological polar surface area (TPSA) is 137 Å². The van der Waals surface area contributed by atoms with Crippen LogP contribution in [0.25, 0.3) is 0 Å². The van der Waals surface area contributed by atoms with Crippen molar-refractivity contribution in [2.45, 2.75) is 38.8 Å². The van der Waals surface area contributed by atoms with Gasteiger partial charge in [0.1, 0.15) is 11.0 Å². The quantitative estimate of drug-likeness (QED) is 0.178. The molecule has 4 heterocycles. The molecule has 12 nitrogen and oxygen atoms in total. The number of nitrogens with one attached hydrogen (secondary N) is 2. The minimum Gasteiger partial charge on any atom is -0.422 e. The molecule has 1 atom stereocenters. The number of hydrogen-bond acceptors (Lipinski definition) is 11. The summed E-state index contributed by atoms with van der Waals surface area (Å²) < 4.78 is 5.66. The average Bonchev–Trinajstić information content (AvgIpc) is 2.96. The van der Waals surface area contributed by atoms with Gasteiger partial charge in [0, 0.05) is 65.4 Å². The molecule has 0 saturated carbocycles. The fraction of sp³-hybridized carbons (Fsp3) is 0.519. The number of halogens is 2. The first-order valence-corrected chi connectivity index (χ1v) is 14.5. The molecule has 4 N–H and O–H groups in total. The molecule has 2 aliphatic heterocycles. The molecule has 2 fully saturated rings. The molecule has 4 rings (SSSR count). The maximum atomic E-state index is 13.2. The van der Waals surface area contributed by atoms with Gasteiger partial charge in [0.2, 0.25) is 5.90 Å². The number of ether oxygens (including phenoxy) is 1. The lowest BCUT2D eigenvalue weighted by Crippen LogP contribution is -2.58. The number of nitrogen functional groups attached to an aromatic ring is 1. The summed E-state index contributed by atoms with van der Waals surface area (Å²) in [5.74, 6) is 1.70. The third-order valence-electron chi connectivity index (χ3n) is 7.39. The molecule has 2 aromatic heterocycles. The molecule has 2 aromatic rings. The summed E-state index contributed by atoms with van der Waals surface area (Å²) in [6, 6.07) is 3.99. The Labute approximate surface area is 251 Å². The molecule has 1 amide bonds. The van der Waals surface area contributed by atoms with Crippen molar-refractivity contribution >= 4 is 52.5 Å². The summed E-state index contributed by atoms with van der Waals surface area (Å²) in [7, 11) is 3.31. The molecule has 41 heavy (non-hydrogen) atoms. The highest BCUT2D eigenvalue weighted by Gasteiger charge is 2.34. The summed E-state index contributed by atoms with van der Waals surface area (Å²) in [5, 5.41) is 6.53. The summed E-state index contributed by atoms with van der Waals surface area (Å²) >= 11 is 12.6. The van der Waals surface area contributed by atoms with Gasteiger partial charge >= 0.3 is 0 Å². The summed E-state index contributed by atoms with van der Waals surface area (Å²) in [4.78, 5) is 37.2. The van der Waals surface area contributed by atoms with Crippen LogP contribution >= 0.6 is 23.2 Å². The Bertz CT molecular complexity index is 1300. The second-order valence-corrected chi connectivity index (χ2v) is 10.7. The molecule has 14 heteroatoms. The Hall–Kier alpha value is -3.35. The minimum atomic E-state index is -0.0308. The van der Waals surface area contributed by atoms with Crippen LogP contribution in [0, 0.1) is 0 Å². The summed E-state index contributed by atoms with van der Waals surface area (Å²) in [5.41, 5.74) is 7.08. The molecular weight excluding hydrogens is 567 g/mol. The van der Waals surface area contributed by atoms with Gasteiger partial charge in [-0.2, -0.15) is 0 Å². The van der Waals surface area contributed by atoms with Crippen LogP contribution in [0.5, 0.6) is 0 Å². The van der Waals surface area contributed by atoms with Crippen LogP contribution in [0.1, 0.15) is 42.7 Å². The van der Waals surface area contributed by atoms with Crippen molar-refractivity contribution in [1.82, 2.24) is 30.1 Å². The van der Waals surface area contributed by atoms with Gasteiger partial charge < -0.3 is 30.9 Å². The van der Waals surface area contributed by atoms with Crippen LogP contribution in [0.4, 0.5) is 17.5 Å². The van der Waals surface area contributed by atoms with Gasteiger partial charge in [0.25, 0.3) is 5.91 Å². The van der Waals surface area contributed by atoms with E-state index in [9.17, 15) is 4.79 Å². The summed E-state index contributed by atoms with van der Waals surface area (Å²) in [6.45, 7) is 12.2. The first-order valence-electron chi connectivity index (χ1n) is 13.7. The number of piperazine rings is 1. The fourth-order valence-corrected chi connectivity index (χ4v) is 5.80. The number of rotatable bonds is 8. The van der Waals surface area contributed by atoms with Crippen LogP contribution in [0.15, 0.2) is 29.6 Å². The van der Waals surface area contributed by atoms with Gasteiger partial charge in [0.15, 0.2) is 28.4 Å². The van der Waals surface area contributed by atoms with Crippen LogP contribution in [-0.2, 0) is 4.74 Å². The van der Waals surface area contributed by atoms with Crippen molar-refractivity contribution in [2.75, 3.05) is 69.3 Å². The van der Waals surface area contributed by atoms with Gasteiger partial charge in [-0.15, -0.1) is 0 Å². The first kappa shape index (κ1) is 30.6. The lowest BCUT2D eigenvalue weighted by Gasteiger charge is -2.46. The Kier molecular flexibility index (Phi) is 10.1. The van der Waals surface area contributed by atoms with E-state index in [1.807, 2.05) is 11.8 Å². The highest BCUT2D eigenvalue weighted by Crippen LogP contribution is 2.30. The van der Waals surface area contributed by atoms with Gasteiger partial charge in [-0.05, 0) is 45.4 Å². The average molecular weight is 606 g/mol. The lowest BCUT2D eigenvalue weighted by molar-refractivity contribution is 0.0526. The number of hydrogen-bond donors (Lipinski definition) is 3. The lowest BCUT2D eigenvalue weighted by atomic mass is 9.99. The third-order valence-corrected chi connectivity index (χ3v) is 7.85. The largest absolute Gasteiger partial charge is 0.422 e. The third kappa shape index (κ3) is 6.94. The normalized spacial score (nSPS) is 18.8. The van der Waals surface area contributed by atoms with Gasteiger partial charge in [-0.3, -0.25) is 14.7 Å². The number of nitrogens with two attached hydrogens (primary N) is 1. The molecule has 2 saturated heterocycles. The zero-order chi connectivity index (χ0) is 29.7. The SMILES string of the molecule is C=C(NCC)OC(=NC)c1nc(Cl)c(N2CCN(C3CCN(C(=O)c4ccc(Cl)nc4NC)CC3)[C@@H](C)C2)nc1N. The molecule has 0 bridgehead atoms. The van der Waals surface area contributed by atoms with Crippen molar-refractivity contribution < 1.29 is 9.53 Å². The van der Waals surface area contributed by atoms with Crippen molar-refractivity contribution in [2.24, 2.45) is 4.99 Å². The maximum absolute atomic E-state index is 13.2. The zero-order valence-corrected chi connectivity index (χ0v) is 25.5. The molecule has 0 spiro atoms. The number of nitrogens with zero attached hydrogens (tertiary/aromatic N) is 7. The Balaban J connectivity index is 1.37. The molecule has 0 aromatic carbocycles. The number of pyridine rings is 1. The second-order valence-electron chi connectivity index (χ2n) is 9.99. The van der Waals surface area contributed by atoms with Gasteiger partial charge in [0.05, 0.1) is 5.56 Å². The van der Waals surface area contributed by atoms with Crippen molar-refractivity contribution in [3.63, 3.8) is 0 Å². The van der Waals surface area contributed by atoms with E-state index in [0.717, 1.165) is 32.5 Å². The van der Waals surface area contributed by atoms with E-state index in [1.54, 1.807) is 26.2 Å². The molecular formula is C27H38Cl2N10O2. The number of carbonyl (C=O) groups excluding carboxylic acids is 1. The zero-order valence-electron chi connectivity index (χ0n) is 24.0. The number of aromatic nitrogens is 3. The summed E-state index contributed by atoms with van der Waals surface area (Å²) in [6.07, 6.45) is 1.79. The molecule has 0 aliphatic carbocycles. The second kappa shape index (κ2) is 13.5. The number of aliphatic imine (C=N–C) groups is 1. The van der Waals surface area contributed by atoms with Crippen molar-refractivity contribution in [3.8, 4) is 0 Å². The Morgan fingerprint density at radius 1 is 1.20 bits per heavy atom. The predicted octanol–water partition coefficient (Wildman–Crippen LogP) is 3.09. The predicted molar refractivity (Wildman–Crippen MR) is 164 cm³/mol. The number of carbonyl (C=O) groups is 1. The Morgan fingerprint density at radius 3 is 2.56 bits per heavy atom. The smallest absolute Gasteiger partial charge is 0.257 e. The Morgan fingerprint density at radius 2 is 1.93 bits per heavy atom.